The van der Waals surface area contributed by atoms with Gasteiger partial charge >= 0.3 is 0 Å². The molecule has 0 radical (unpaired) electrons. The summed E-state index contributed by atoms with van der Waals surface area (Å²) < 4.78 is 54.6. The summed E-state index contributed by atoms with van der Waals surface area (Å²) in [5.74, 6) is -3.23. The molecule has 1 aliphatic heterocycles. The van der Waals surface area contributed by atoms with Crippen molar-refractivity contribution in [1.29, 1.82) is 0 Å². The Morgan fingerprint density at radius 2 is 1.52 bits per heavy atom. The van der Waals surface area contributed by atoms with Crippen LogP contribution >= 0.6 is 0 Å². The number of rotatable bonds is 6. The summed E-state index contributed by atoms with van der Waals surface area (Å²) >= 11 is 0. The molecular weight excluding hydrogens is 452 g/mol. The van der Waals surface area contributed by atoms with E-state index in [1.807, 2.05) is 19.9 Å². The van der Waals surface area contributed by atoms with E-state index in [9.17, 15) is 26.8 Å². The second-order valence-corrected chi connectivity index (χ2v) is 10.2. The van der Waals surface area contributed by atoms with E-state index in [1.54, 1.807) is 25.1 Å². The molecule has 2 aromatic rings. The number of nitrogens with zero attached hydrogens (tertiary/aromatic N) is 2. The first-order valence-electron chi connectivity index (χ1n) is 10.6. The SMILES string of the molecule is Cc1ccccc1C(=O)NC(C(=O)N1CCN(S(=O)(=O)c2c(F)cccc2F)CC1)C(C)C. The molecule has 1 heterocycles. The molecule has 1 atom stereocenters. The second-order valence-electron chi connectivity index (χ2n) is 8.29. The van der Waals surface area contributed by atoms with Gasteiger partial charge in [0.25, 0.3) is 5.91 Å². The molecule has 3 rings (SSSR count). The molecule has 7 nitrogen and oxygen atoms in total. The molecule has 0 aliphatic carbocycles. The number of piperazine rings is 1. The average Bonchev–Trinajstić information content (AvgIpc) is 2.76. The lowest BCUT2D eigenvalue weighted by Crippen LogP contribution is -2.57. The smallest absolute Gasteiger partial charge is 0.252 e. The number of carbonyl (C=O) groups is 2. The van der Waals surface area contributed by atoms with E-state index in [0.29, 0.717) is 5.56 Å². The lowest BCUT2D eigenvalue weighted by molar-refractivity contribution is -0.135. The van der Waals surface area contributed by atoms with E-state index in [1.165, 1.54) is 4.90 Å². The van der Waals surface area contributed by atoms with Gasteiger partial charge in [-0.05, 0) is 36.6 Å². The third-order valence-electron chi connectivity index (χ3n) is 5.68. The van der Waals surface area contributed by atoms with Gasteiger partial charge in [-0.25, -0.2) is 17.2 Å². The molecule has 1 saturated heterocycles. The van der Waals surface area contributed by atoms with E-state index >= 15 is 0 Å². The van der Waals surface area contributed by atoms with Gasteiger partial charge in [0.2, 0.25) is 15.9 Å². The largest absolute Gasteiger partial charge is 0.340 e. The molecule has 1 N–H and O–H groups in total. The topological polar surface area (TPSA) is 86.8 Å². The fourth-order valence-corrected chi connectivity index (χ4v) is 5.29. The molecule has 33 heavy (non-hydrogen) atoms. The van der Waals surface area contributed by atoms with E-state index in [0.717, 1.165) is 28.1 Å². The lowest BCUT2D eigenvalue weighted by atomic mass is 10.0. The molecule has 1 unspecified atom stereocenters. The van der Waals surface area contributed by atoms with Crippen LogP contribution in [-0.4, -0.2) is 61.7 Å². The van der Waals surface area contributed by atoms with Crippen LogP contribution in [-0.2, 0) is 14.8 Å². The van der Waals surface area contributed by atoms with Crippen molar-refractivity contribution in [2.24, 2.45) is 5.92 Å². The van der Waals surface area contributed by atoms with Gasteiger partial charge in [0, 0.05) is 31.7 Å². The first-order valence-corrected chi connectivity index (χ1v) is 12.1. The van der Waals surface area contributed by atoms with Crippen LogP contribution in [0, 0.1) is 24.5 Å². The molecule has 2 amide bonds. The Labute approximate surface area is 192 Å². The van der Waals surface area contributed by atoms with Crippen LogP contribution < -0.4 is 5.32 Å². The zero-order chi connectivity index (χ0) is 24.3. The minimum Gasteiger partial charge on any atom is -0.340 e. The number of halogens is 2. The Bertz CT molecular complexity index is 1130. The van der Waals surface area contributed by atoms with Crippen LogP contribution in [0.4, 0.5) is 8.78 Å². The van der Waals surface area contributed by atoms with Gasteiger partial charge in [0.05, 0.1) is 0 Å². The van der Waals surface area contributed by atoms with Crippen LogP contribution in [0.1, 0.15) is 29.8 Å². The standard InChI is InChI=1S/C23H27F2N3O4S/c1-15(2)20(26-22(29)17-8-5-4-7-16(17)3)23(30)27-11-13-28(14-12-27)33(31,32)21-18(24)9-6-10-19(21)25/h4-10,15,20H,11-14H2,1-3H3,(H,26,29). The maximum absolute atomic E-state index is 14.0. The molecule has 10 heteroatoms. The van der Waals surface area contributed by atoms with E-state index in [2.05, 4.69) is 5.32 Å². The van der Waals surface area contributed by atoms with Crippen molar-refractivity contribution in [2.45, 2.75) is 31.7 Å². The fraction of sp³-hybridized carbons (Fsp3) is 0.391. The van der Waals surface area contributed by atoms with Crippen LogP contribution in [0.5, 0.6) is 0 Å². The number of benzene rings is 2. The van der Waals surface area contributed by atoms with Crippen molar-refractivity contribution < 1.29 is 26.8 Å². The third-order valence-corrected chi connectivity index (χ3v) is 7.63. The number of sulfonamides is 1. The molecule has 2 aromatic carbocycles. The Morgan fingerprint density at radius 1 is 0.939 bits per heavy atom. The molecule has 1 aliphatic rings. The highest BCUT2D eigenvalue weighted by molar-refractivity contribution is 7.89. The van der Waals surface area contributed by atoms with Crippen molar-refractivity contribution in [3.05, 3.63) is 65.2 Å². The first kappa shape index (κ1) is 24.8. The zero-order valence-corrected chi connectivity index (χ0v) is 19.5. The fourth-order valence-electron chi connectivity index (χ4n) is 3.76. The van der Waals surface area contributed by atoms with Gasteiger partial charge in [-0.1, -0.05) is 38.1 Å². The molecular formula is C23H27F2N3O4S. The summed E-state index contributed by atoms with van der Waals surface area (Å²) in [6.45, 7) is 5.27. The van der Waals surface area contributed by atoms with Crippen molar-refractivity contribution in [1.82, 2.24) is 14.5 Å². The number of amides is 2. The Hall–Kier alpha value is -2.85. The summed E-state index contributed by atoms with van der Waals surface area (Å²) in [6.07, 6.45) is 0. The zero-order valence-electron chi connectivity index (χ0n) is 18.7. The van der Waals surface area contributed by atoms with Crippen molar-refractivity contribution >= 4 is 21.8 Å². The predicted molar refractivity (Wildman–Crippen MR) is 119 cm³/mol. The number of nitrogens with one attached hydrogen (secondary N) is 1. The lowest BCUT2D eigenvalue weighted by Gasteiger charge is -2.36. The minimum absolute atomic E-state index is 0.0393. The molecule has 178 valence electrons. The maximum atomic E-state index is 14.0. The van der Waals surface area contributed by atoms with Crippen LogP contribution in [0.25, 0.3) is 0 Å². The van der Waals surface area contributed by atoms with Crippen LogP contribution in [0.15, 0.2) is 47.4 Å². The highest BCUT2D eigenvalue weighted by atomic mass is 32.2. The first-order chi connectivity index (χ1) is 15.5. The third kappa shape index (κ3) is 5.22. The minimum atomic E-state index is -4.39. The van der Waals surface area contributed by atoms with E-state index in [-0.39, 0.29) is 43.9 Å². The van der Waals surface area contributed by atoms with E-state index < -0.39 is 32.6 Å². The van der Waals surface area contributed by atoms with Gasteiger partial charge < -0.3 is 10.2 Å². The van der Waals surface area contributed by atoms with Gasteiger partial charge in [0.15, 0.2) is 4.90 Å². The van der Waals surface area contributed by atoms with Gasteiger partial charge in [0.1, 0.15) is 17.7 Å². The van der Waals surface area contributed by atoms with Gasteiger partial charge in [-0.3, -0.25) is 9.59 Å². The monoisotopic (exact) mass is 479 g/mol. The highest BCUT2D eigenvalue weighted by Gasteiger charge is 2.36. The molecule has 0 saturated carbocycles. The molecule has 1 fully saturated rings. The highest BCUT2D eigenvalue weighted by Crippen LogP contribution is 2.24. The summed E-state index contributed by atoms with van der Waals surface area (Å²) in [5, 5.41) is 2.79. The Balaban J connectivity index is 1.70. The number of carbonyl (C=O) groups excluding carboxylic acids is 2. The summed E-state index contributed by atoms with van der Waals surface area (Å²) in [4.78, 5) is 26.4. The van der Waals surface area contributed by atoms with Crippen LogP contribution in [0.3, 0.4) is 0 Å². The summed E-state index contributed by atoms with van der Waals surface area (Å²) in [6, 6.07) is 9.11. The van der Waals surface area contributed by atoms with E-state index in [4.69, 9.17) is 0 Å². The Kier molecular flexibility index (Phi) is 7.48. The molecule has 0 spiro atoms. The second kappa shape index (κ2) is 9.96. The van der Waals surface area contributed by atoms with Gasteiger partial charge in [-0.2, -0.15) is 4.31 Å². The number of aryl methyl sites for hydroxylation is 1. The summed E-state index contributed by atoms with van der Waals surface area (Å²) in [5.41, 5.74) is 1.25. The van der Waals surface area contributed by atoms with Crippen molar-refractivity contribution in [3.63, 3.8) is 0 Å². The quantitative estimate of drug-likeness (QED) is 0.690. The van der Waals surface area contributed by atoms with Crippen molar-refractivity contribution in [2.75, 3.05) is 26.2 Å². The molecule has 0 aromatic heterocycles. The molecule has 0 bridgehead atoms. The average molecular weight is 480 g/mol. The summed E-state index contributed by atoms with van der Waals surface area (Å²) in [7, 11) is -4.39. The maximum Gasteiger partial charge on any atom is 0.252 e. The number of hydrogen-bond acceptors (Lipinski definition) is 4. The number of hydrogen-bond donors (Lipinski definition) is 1. The van der Waals surface area contributed by atoms with Crippen LogP contribution in [0.2, 0.25) is 0 Å². The predicted octanol–water partition coefficient (Wildman–Crippen LogP) is 2.56. The Morgan fingerprint density at radius 3 is 2.06 bits per heavy atom. The normalized spacial score (nSPS) is 16.0. The van der Waals surface area contributed by atoms with Crippen molar-refractivity contribution in [3.8, 4) is 0 Å². The van der Waals surface area contributed by atoms with Gasteiger partial charge in [-0.15, -0.1) is 0 Å².